The Morgan fingerprint density at radius 3 is 2.10 bits per heavy atom. The Kier molecular flexibility index (Phi) is 9.74. The number of hydrogen-bond donors (Lipinski definition) is 0. The van der Waals surface area contributed by atoms with Crippen LogP contribution < -0.4 is 9.47 Å². The van der Waals surface area contributed by atoms with Crippen molar-refractivity contribution in [2.45, 2.75) is 77.6 Å². The van der Waals surface area contributed by atoms with Gasteiger partial charge in [0.2, 0.25) is 0 Å². The summed E-state index contributed by atoms with van der Waals surface area (Å²) in [6, 6.07) is 17.1. The maximum Gasteiger partial charge on any atom is 0.189 e. The third-order valence-corrected chi connectivity index (χ3v) is 6.36. The van der Waals surface area contributed by atoms with Crippen LogP contribution in [-0.2, 0) is 4.74 Å². The summed E-state index contributed by atoms with van der Waals surface area (Å²) in [5, 5.41) is 0. The molecular formula is C28H40O3. The van der Waals surface area contributed by atoms with Crippen LogP contribution in [0.5, 0.6) is 11.5 Å². The lowest BCUT2D eigenvalue weighted by atomic mass is 9.84. The van der Waals surface area contributed by atoms with E-state index in [9.17, 15) is 0 Å². The molecule has 0 amide bonds. The molecule has 2 aromatic rings. The molecule has 2 aromatic carbocycles. The van der Waals surface area contributed by atoms with Crippen LogP contribution in [0.4, 0.5) is 0 Å². The maximum absolute atomic E-state index is 5.81. The Balaban J connectivity index is 1.31. The van der Waals surface area contributed by atoms with Gasteiger partial charge in [0.15, 0.2) is 6.79 Å². The van der Waals surface area contributed by atoms with Crippen LogP contribution in [0.2, 0.25) is 0 Å². The zero-order valence-electron chi connectivity index (χ0n) is 19.6. The highest BCUT2D eigenvalue weighted by Crippen LogP contribution is 2.33. The molecule has 1 fully saturated rings. The molecule has 0 aliphatic heterocycles. The van der Waals surface area contributed by atoms with Gasteiger partial charge in [-0.3, -0.25) is 0 Å². The molecule has 0 saturated heterocycles. The minimum absolute atomic E-state index is 0.243. The fourth-order valence-corrected chi connectivity index (χ4v) is 4.60. The van der Waals surface area contributed by atoms with Crippen molar-refractivity contribution in [2.24, 2.45) is 5.92 Å². The molecule has 1 unspecified atom stereocenters. The minimum Gasteiger partial charge on any atom is -0.491 e. The quantitative estimate of drug-likeness (QED) is 0.258. The standard InChI is InChI=1S/C28H40O3/c1-4-23(20-22(2)3)25-10-16-28(17-11-25)31-21-29-18-19-30-27-14-12-26(13-15-27)24-8-6-5-7-9-24/h10-17,22-24H,4-9,18-21H2,1-3H3. The second kappa shape index (κ2) is 12.8. The van der Waals surface area contributed by atoms with E-state index in [1.54, 1.807) is 0 Å². The predicted molar refractivity (Wildman–Crippen MR) is 128 cm³/mol. The van der Waals surface area contributed by atoms with Crippen molar-refractivity contribution >= 4 is 0 Å². The molecule has 0 spiro atoms. The predicted octanol–water partition coefficient (Wildman–Crippen LogP) is 7.71. The molecule has 3 rings (SSSR count). The highest BCUT2D eigenvalue weighted by atomic mass is 16.7. The van der Waals surface area contributed by atoms with Crippen LogP contribution >= 0.6 is 0 Å². The first kappa shape index (κ1) is 23.7. The summed E-state index contributed by atoms with van der Waals surface area (Å²) < 4.78 is 17.1. The first-order valence-corrected chi connectivity index (χ1v) is 12.2. The first-order valence-electron chi connectivity index (χ1n) is 12.2. The van der Waals surface area contributed by atoms with Gasteiger partial charge in [0.05, 0.1) is 6.61 Å². The Bertz CT molecular complexity index is 730. The molecule has 31 heavy (non-hydrogen) atoms. The van der Waals surface area contributed by atoms with Gasteiger partial charge in [0.25, 0.3) is 0 Å². The summed E-state index contributed by atoms with van der Waals surface area (Å²) in [5.74, 6) is 3.83. The van der Waals surface area contributed by atoms with E-state index in [2.05, 4.69) is 57.2 Å². The van der Waals surface area contributed by atoms with Crippen molar-refractivity contribution in [3.8, 4) is 11.5 Å². The maximum atomic E-state index is 5.81. The Morgan fingerprint density at radius 1 is 0.806 bits per heavy atom. The van der Waals surface area contributed by atoms with Gasteiger partial charge in [-0.25, -0.2) is 0 Å². The van der Waals surface area contributed by atoms with Crippen LogP contribution in [0.3, 0.4) is 0 Å². The summed E-state index contributed by atoms with van der Waals surface area (Å²) in [6.45, 7) is 8.11. The zero-order valence-corrected chi connectivity index (χ0v) is 19.6. The first-order chi connectivity index (χ1) is 15.2. The Morgan fingerprint density at radius 2 is 1.45 bits per heavy atom. The van der Waals surface area contributed by atoms with E-state index in [4.69, 9.17) is 14.2 Å². The SMILES string of the molecule is CCC(CC(C)C)c1ccc(OCOCCOc2ccc(C3CCCCC3)cc2)cc1. The average Bonchev–Trinajstić information content (AvgIpc) is 2.81. The molecule has 0 bridgehead atoms. The Labute approximate surface area is 189 Å². The highest BCUT2D eigenvalue weighted by molar-refractivity contribution is 5.30. The topological polar surface area (TPSA) is 27.7 Å². The van der Waals surface area contributed by atoms with E-state index in [1.807, 2.05) is 12.1 Å². The average molecular weight is 425 g/mol. The fraction of sp³-hybridized carbons (Fsp3) is 0.571. The van der Waals surface area contributed by atoms with Crippen LogP contribution in [0, 0.1) is 5.92 Å². The van der Waals surface area contributed by atoms with Crippen LogP contribution in [-0.4, -0.2) is 20.0 Å². The van der Waals surface area contributed by atoms with E-state index in [0.717, 1.165) is 17.4 Å². The molecule has 1 saturated carbocycles. The molecule has 0 aromatic heterocycles. The summed E-state index contributed by atoms with van der Waals surface area (Å²) in [4.78, 5) is 0. The van der Waals surface area contributed by atoms with Gasteiger partial charge in [-0.2, -0.15) is 0 Å². The molecule has 170 valence electrons. The van der Waals surface area contributed by atoms with Gasteiger partial charge in [-0.15, -0.1) is 0 Å². The summed E-state index contributed by atoms with van der Waals surface area (Å²) >= 11 is 0. The second-order valence-electron chi connectivity index (χ2n) is 9.23. The van der Waals surface area contributed by atoms with E-state index in [0.29, 0.717) is 25.0 Å². The van der Waals surface area contributed by atoms with Gasteiger partial charge >= 0.3 is 0 Å². The summed E-state index contributed by atoms with van der Waals surface area (Å²) in [7, 11) is 0. The molecule has 0 N–H and O–H groups in total. The van der Waals surface area contributed by atoms with Gasteiger partial charge < -0.3 is 14.2 Å². The normalized spacial score (nSPS) is 15.7. The molecular weight excluding hydrogens is 384 g/mol. The van der Waals surface area contributed by atoms with Crippen LogP contribution in [0.25, 0.3) is 0 Å². The highest BCUT2D eigenvalue weighted by Gasteiger charge is 2.15. The van der Waals surface area contributed by atoms with Crippen LogP contribution in [0.15, 0.2) is 48.5 Å². The minimum atomic E-state index is 0.243. The lowest BCUT2D eigenvalue weighted by Gasteiger charge is -2.22. The molecule has 0 heterocycles. The second-order valence-corrected chi connectivity index (χ2v) is 9.23. The van der Waals surface area contributed by atoms with Crippen molar-refractivity contribution in [1.82, 2.24) is 0 Å². The zero-order chi connectivity index (χ0) is 21.9. The summed E-state index contributed by atoms with van der Waals surface area (Å²) in [6.07, 6.45) is 9.17. The molecule has 0 radical (unpaired) electrons. The van der Waals surface area contributed by atoms with E-state index in [1.165, 1.54) is 56.1 Å². The third-order valence-electron chi connectivity index (χ3n) is 6.36. The van der Waals surface area contributed by atoms with E-state index >= 15 is 0 Å². The van der Waals surface area contributed by atoms with E-state index in [-0.39, 0.29) is 6.79 Å². The van der Waals surface area contributed by atoms with Crippen molar-refractivity contribution in [3.05, 3.63) is 59.7 Å². The lowest BCUT2D eigenvalue weighted by molar-refractivity contribution is 0.00245. The number of benzene rings is 2. The summed E-state index contributed by atoms with van der Waals surface area (Å²) in [5.41, 5.74) is 2.85. The van der Waals surface area contributed by atoms with Crippen molar-refractivity contribution < 1.29 is 14.2 Å². The van der Waals surface area contributed by atoms with Crippen molar-refractivity contribution in [1.29, 1.82) is 0 Å². The van der Waals surface area contributed by atoms with Gasteiger partial charge in [0, 0.05) is 0 Å². The van der Waals surface area contributed by atoms with Crippen molar-refractivity contribution in [2.75, 3.05) is 20.0 Å². The fourth-order valence-electron chi connectivity index (χ4n) is 4.60. The number of rotatable bonds is 12. The monoisotopic (exact) mass is 424 g/mol. The molecule has 3 heteroatoms. The molecule has 1 atom stereocenters. The van der Waals surface area contributed by atoms with Gasteiger partial charge in [-0.05, 0) is 78.8 Å². The smallest absolute Gasteiger partial charge is 0.189 e. The van der Waals surface area contributed by atoms with Gasteiger partial charge in [-0.1, -0.05) is 64.3 Å². The van der Waals surface area contributed by atoms with Gasteiger partial charge in [0.1, 0.15) is 18.1 Å². The Hall–Kier alpha value is -2.00. The number of hydrogen-bond acceptors (Lipinski definition) is 3. The lowest BCUT2D eigenvalue weighted by Crippen LogP contribution is -2.11. The van der Waals surface area contributed by atoms with E-state index < -0.39 is 0 Å². The molecule has 3 nitrogen and oxygen atoms in total. The number of ether oxygens (including phenoxy) is 3. The molecule has 1 aliphatic carbocycles. The van der Waals surface area contributed by atoms with Crippen LogP contribution in [0.1, 0.15) is 88.7 Å². The molecule has 1 aliphatic rings. The van der Waals surface area contributed by atoms with Crippen molar-refractivity contribution in [3.63, 3.8) is 0 Å². The third kappa shape index (κ3) is 7.88. The largest absolute Gasteiger partial charge is 0.491 e.